The fourth-order valence-electron chi connectivity index (χ4n) is 6.13. The van der Waals surface area contributed by atoms with Gasteiger partial charge in [-0.3, -0.25) is 14.5 Å². The Bertz CT molecular complexity index is 1740. The van der Waals surface area contributed by atoms with Crippen LogP contribution in [0, 0.1) is 13.8 Å². The number of fused-ring (bicyclic) bond motifs is 1. The first-order valence-corrected chi connectivity index (χ1v) is 15.2. The molecule has 1 atom stereocenters. The molecule has 10 heteroatoms. The third-order valence-corrected chi connectivity index (χ3v) is 8.57. The summed E-state index contributed by atoms with van der Waals surface area (Å²) in [6, 6.07) is 18.2. The van der Waals surface area contributed by atoms with Crippen LogP contribution in [0.4, 0.5) is 0 Å². The number of nitrogens with zero attached hydrogens (tertiary/aromatic N) is 4. The molecule has 2 aliphatic heterocycles. The lowest BCUT2D eigenvalue weighted by Crippen LogP contribution is -2.39. The van der Waals surface area contributed by atoms with E-state index in [0.29, 0.717) is 61.2 Å². The number of morpholine rings is 1. The van der Waals surface area contributed by atoms with E-state index < -0.39 is 17.7 Å². The highest BCUT2D eigenvalue weighted by atomic mass is 16.5. The molecule has 2 fully saturated rings. The SMILES string of the molecule is COc1cc(C2C(=C(O)c3nc4c(C)cccn4c3C)C(=O)C(=O)N2CCCN2CCOCC2)ccc1OCc1ccccc1. The highest BCUT2D eigenvalue weighted by molar-refractivity contribution is 6.46. The predicted octanol–water partition coefficient (Wildman–Crippen LogP) is 4.68. The van der Waals surface area contributed by atoms with E-state index in [1.807, 2.05) is 73.0 Å². The summed E-state index contributed by atoms with van der Waals surface area (Å²) in [6.07, 6.45) is 2.52. The van der Waals surface area contributed by atoms with Crippen molar-refractivity contribution in [3.05, 3.63) is 101 Å². The summed E-state index contributed by atoms with van der Waals surface area (Å²) in [5, 5.41) is 11.8. The molecule has 2 aliphatic rings. The molecule has 2 aromatic carbocycles. The number of pyridine rings is 1. The molecule has 1 unspecified atom stereocenters. The van der Waals surface area contributed by atoms with Gasteiger partial charge < -0.3 is 28.6 Å². The number of aromatic nitrogens is 2. The fourth-order valence-corrected chi connectivity index (χ4v) is 6.13. The van der Waals surface area contributed by atoms with Crippen molar-refractivity contribution >= 4 is 23.1 Å². The lowest BCUT2D eigenvalue weighted by Gasteiger charge is -2.29. The zero-order valence-electron chi connectivity index (χ0n) is 25.9. The lowest BCUT2D eigenvalue weighted by molar-refractivity contribution is -0.140. The average Bonchev–Trinajstić information content (AvgIpc) is 3.54. The van der Waals surface area contributed by atoms with Crippen LogP contribution >= 0.6 is 0 Å². The number of carbonyl (C=O) groups is 2. The summed E-state index contributed by atoms with van der Waals surface area (Å²) >= 11 is 0. The molecule has 4 aromatic rings. The molecular weight excluding hydrogens is 572 g/mol. The molecule has 1 N–H and O–H groups in total. The van der Waals surface area contributed by atoms with Crippen LogP contribution in [0.1, 0.15) is 40.5 Å². The second-order valence-corrected chi connectivity index (χ2v) is 11.4. The Morgan fingerprint density at radius 1 is 1.00 bits per heavy atom. The van der Waals surface area contributed by atoms with Gasteiger partial charge in [0, 0.05) is 32.4 Å². The maximum atomic E-state index is 13.7. The molecule has 10 nitrogen and oxygen atoms in total. The number of aliphatic hydroxyl groups is 1. The number of rotatable bonds is 10. The number of ether oxygens (including phenoxy) is 3. The van der Waals surface area contributed by atoms with E-state index in [0.717, 1.165) is 30.8 Å². The van der Waals surface area contributed by atoms with Gasteiger partial charge in [-0.2, -0.15) is 0 Å². The molecule has 2 aromatic heterocycles. The minimum absolute atomic E-state index is 0.00976. The highest BCUT2D eigenvalue weighted by Crippen LogP contribution is 2.42. The molecule has 6 rings (SSSR count). The van der Waals surface area contributed by atoms with Crippen molar-refractivity contribution in [3.63, 3.8) is 0 Å². The maximum Gasteiger partial charge on any atom is 0.295 e. The standard InChI is InChI=1S/C35H38N4O6/c1-23-9-7-15-38-24(2)30(36-34(23)38)32(40)29-31(39(35(42)33(29)41)16-8-14-37-17-19-44-20-18-37)26-12-13-27(28(21-26)43-3)45-22-25-10-5-4-6-11-25/h4-7,9-13,15,21,31,40H,8,14,16-20,22H2,1-3H3. The molecule has 0 spiro atoms. The van der Waals surface area contributed by atoms with Gasteiger partial charge in [0.1, 0.15) is 17.9 Å². The van der Waals surface area contributed by atoms with Crippen LogP contribution in [0.3, 0.4) is 0 Å². The molecule has 4 heterocycles. The van der Waals surface area contributed by atoms with Gasteiger partial charge in [0.25, 0.3) is 11.7 Å². The first-order chi connectivity index (χ1) is 21.9. The number of carbonyl (C=O) groups excluding carboxylic acids is 2. The fraction of sp³-hybridized carbons (Fsp3) is 0.343. The molecular formula is C35H38N4O6. The van der Waals surface area contributed by atoms with Crippen LogP contribution in [0.15, 0.2) is 72.4 Å². The monoisotopic (exact) mass is 610 g/mol. The normalized spacial score (nSPS) is 18.6. The number of aliphatic hydroxyl groups excluding tert-OH is 1. The van der Waals surface area contributed by atoms with E-state index in [1.165, 1.54) is 0 Å². The minimum Gasteiger partial charge on any atom is -0.505 e. The van der Waals surface area contributed by atoms with Gasteiger partial charge in [0.15, 0.2) is 17.3 Å². The molecule has 45 heavy (non-hydrogen) atoms. The van der Waals surface area contributed by atoms with Crippen molar-refractivity contribution in [2.45, 2.75) is 32.9 Å². The van der Waals surface area contributed by atoms with Crippen LogP contribution in [-0.2, 0) is 20.9 Å². The number of likely N-dealkylation sites (tertiary alicyclic amines) is 1. The Balaban J connectivity index is 1.38. The zero-order valence-corrected chi connectivity index (χ0v) is 25.9. The van der Waals surface area contributed by atoms with Gasteiger partial charge in [-0.15, -0.1) is 0 Å². The molecule has 0 saturated carbocycles. The number of ketones is 1. The Labute approximate surface area is 262 Å². The molecule has 0 bridgehead atoms. The first kappa shape index (κ1) is 30.4. The van der Waals surface area contributed by atoms with Crippen molar-refractivity contribution in [2.75, 3.05) is 46.5 Å². The minimum atomic E-state index is -0.836. The van der Waals surface area contributed by atoms with Gasteiger partial charge >= 0.3 is 0 Å². The second-order valence-electron chi connectivity index (χ2n) is 11.4. The van der Waals surface area contributed by atoms with Crippen LogP contribution in [0.25, 0.3) is 11.4 Å². The zero-order chi connectivity index (χ0) is 31.5. The Morgan fingerprint density at radius 2 is 1.78 bits per heavy atom. The maximum absolute atomic E-state index is 13.7. The van der Waals surface area contributed by atoms with Gasteiger partial charge in [-0.1, -0.05) is 42.5 Å². The Morgan fingerprint density at radius 3 is 2.51 bits per heavy atom. The summed E-state index contributed by atoms with van der Waals surface area (Å²) in [7, 11) is 1.55. The topological polar surface area (TPSA) is 106 Å². The third kappa shape index (κ3) is 6.03. The van der Waals surface area contributed by atoms with E-state index in [2.05, 4.69) is 4.90 Å². The van der Waals surface area contributed by atoms with Crippen LogP contribution < -0.4 is 9.47 Å². The number of hydrogen-bond acceptors (Lipinski definition) is 8. The number of Topliss-reactive ketones (excluding diaryl/α,β-unsaturated/α-hetero) is 1. The Hall–Kier alpha value is -4.67. The quantitative estimate of drug-likeness (QED) is 0.157. The third-order valence-electron chi connectivity index (χ3n) is 8.57. The number of aryl methyl sites for hydroxylation is 2. The Kier molecular flexibility index (Phi) is 8.86. The summed E-state index contributed by atoms with van der Waals surface area (Å²) in [6.45, 7) is 8.24. The van der Waals surface area contributed by atoms with E-state index in [9.17, 15) is 14.7 Å². The van der Waals surface area contributed by atoms with E-state index in [1.54, 1.807) is 24.1 Å². The number of benzene rings is 2. The smallest absolute Gasteiger partial charge is 0.295 e. The largest absolute Gasteiger partial charge is 0.505 e. The summed E-state index contributed by atoms with van der Waals surface area (Å²) < 4.78 is 19.1. The average molecular weight is 611 g/mol. The number of methoxy groups -OCH3 is 1. The highest BCUT2D eigenvalue weighted by Gasteiger charge is 2.46. The van der Waals surface area contributed by atoms with E-state index in [-0.39, 0.29) is 17.0 Å². The van der Waals surface area contributed by atoms with Gasteiger partial charge in [-0.25, -0.2) is 4.98 Å². The van der Waals surface area contributed by atoms with Crippen molar-refractivity contribution in [3.8, 4) is 11.5 Å². The lowest BCUT2D eigenvalue weighted by atomic mass is 9.96. The number of amides is 1. The summed E-state index contributed by atoms with van der Waals surface area (Å²) in [5.74, 6) is -0.689. The molecule has 1 amide bonds. The van der Waals surface area contributed by atoms with Crippen molar-refractivity contribution in [1.82, 2.24) is 19.2 Å². The van der Waals surface area contributed by atoms with E-state index >= 15 is 0 Å². The van der Waals surface area contributed by atoms with Crippen LogP contribution in [0.5, 0.6) is 11.5 Å². The van der Waals surface area contributed by atoms with Crippen molar-refractivity contribution < 1.29 is 28.9 Å². The molecule has 0 radical (unpaired) electrons. The van der Waals surface area contributed by atoms with Crippen molar-refractivity contribution in [1.29, 1.82) is 0 Å². The van der Waals surface area contributed by atoms with E-state index in [4.69, 9.17) is 19.2 Å². The van der Waals surface area contributed by atoms with Crippen molar-refractivity contribution in [2.24, 2.45) is 0 Å². The van der Waals surface area contributed by atoms with Gasteiger partial charge in [0.2, 0.25) is 0 Å². The first-order valence-electron chi connectivity index (χ1n) is 15.2. The summed E-state index contributed by atoms with van der Waals surface area (Å²) in [4.78, 5) is 35.9. The molecule has 234 valence electrons. The molecule has 2 saturated heterocycles. The summed E-state index contributed by atoms with van der Waals surface area (Å²) in [5.41, 5.74) is 4.19. The van der Waals surface area contributed by atoms with Crippen LogP contribution in [-0.4, -0.2) is 82.5 Å². The predicted molar refractivity (Wildman–Crippen MR) is 169 cm³/mol. The van der Waals surface area contributed by atoms with Crippen LogP contribution in [0.2, 0.25) is 0 Å². The molecule has 0 aliphatic carbocycles. The van der Waals surface area contributed by atoms with Gasteiger partial charge in [0.05, 0.1) is 37.6 Å². The number of imidazole rings is 1. The second kappa shape index (κ2) is 13.1. The number of hydrogen-bond donors (Lipinski definition) is 1. The van der Waals surface area contributed by atoms with Gasteiger partial charge in [-0.05, 0) is 55.2 Å².